The molecular formula is C23H26ClNOS. The van der Waals surface area contributed by atoms with E-state index < -0.39 is 0 Å². The third-order valence-corrected chi connectivity index (χ3v) is 5.69. The Labute approximate surface area is 171 Å². The van der Waals surface area contributed by atoms with E-state index in [4.69, 9.17) is 16.3 Å². The molecule has 1 heterocycles. The first-order chi connectivity index (χ1) is 13.3. The highest BCUT2D eigenvalue weighted by molar-refractivity contribution is 7.10. The van der Waals surface area contributed by atoms with Gasteiger partial charge in [0.25, 0.3) is 0 Å². The van der Waals surface area contributed by atoms with E-state index in [1.54, 1.807) is 11.3 Å². The number of thiophene rings is 1. The van der Waals surface area contributed by atoms with Crippen LogP contribution in [0.15, 0.2) is 72.1 Å². The van der Waals surface area contributed by atoms with E-state index in [9.17, 15) is 0 Å². The molecule has 0 spiro atoms. The molecule has 1 unspecified atom stereocenters. The molecule has 0 aliphatic rings. The summed E-state index contributed by atoms with van der Waals surface area (Å²) in [5.41, 5.74) is 2.60. The molecule has 0 amide bonds. The van der Waals surface area contributed by atoms with Crippen molar-refractivity contribution in [2.75, 3.05) is 12.4 Å². The second kappa shape index (κ2) is 10.5. The van der Waals surface area contributed by atoms with Crippen molar-refractivity contribution in [1.82, 2.24) is 4.90 Å². The molecule has 0 radical (unpaired) electrons. The second-order valence-corrected chi connectivity index (χ2v) is 7.89. The van der Waals surface area contributed by atoms with E-state index in [-0.39, 0.29) is 6.10 Å². The normalized spacial score (nSPS) is 12.3. The third kappa shape index (κ3) is 6.10. The molecule has 4 heteroatoms. The Morgan fingerprint density at radius 1 is 0.963 bits per heavy atom. The summed E-state index contributed by atoms with van der Waals surface area (Å²) in [6, 6.07) is 23.2. The molecule has 1 aromatic heterocycles. The van der Waals surface area contributed by atoms with Gasteiger partial charge in [-0.3, -0.25) is 4.90 Å². The molecular weight excluding hydrogens is 374 g/mol. The summed E-state index contributed by atoms with van der Waals surface area (Å²) in [5, 5.41) is 2.08. The summed E-state index contributed by atoms with van der Waals surface area (Å²) in [6.07, 6.45) is 0.825. The van der Waals surface area contributed by atoms with Gasteiger partial charge in [-0.15, -0.1) is 22.9 Å². The number of halogens is 1. The Balaban J connectivity index is 1.67. The Morgan fingerprint density at radius 2 is 1.74 bits per heavy atom. The first kappa shape index (κ1) is 19.9. The van der Waals surface area contributed by atoms with Crippen LogP contribution in [0.4, 0.5) is 0 Å². The second-order valence-electron chi connectivity index (χ2n) is 6.54. The molecule has 0 saturated carbocycles. The fourth-order valence-corrected chi connectivity index (χ4v) is 4.08. The Hall–Kier alpha value is -1.81. The average molecular weight is 400 g/mol. The van der Waals surface area contributed by atoms with Gasteiger partial charge in [-0.05, 0) is 41.3 Å². The van der Waals surface area contributed by atoms with Gasteiger partial charge in [-0.25, -0.2) is 0 Å². The van der Waals surface area contributed by atoms with Gasteiger partial charge in [-0.2, -0.15) is 0 Å². The van der Waals surface area contributed by atoms with E-state index >= 15 is 0 Å². The van der Waals surface area contributed by atoms with Crippen LogP contribution in [-0.2, 0) is 13.1 Å². The fraction of sp³-hybridized carbons (Fsp3) is 0.304. The standard InChI is InChI=1S/C23H26ClNOS/c1-2-25(17-19-8-4-3-5-9-19)18-20-10-6-11-21(16-20)26-22(13-14-24)23-12-7-15-27-23/h3-12,15-16,22H,2,13-14,17-18H2,1H3. The zero-order chi connectivity index (χ0) is 18.9. The first-order valence-electron chi connectivity index (χ1n) is 9.39. The summed E-state index contributed by atoms with van der Waals surface area (Å²) in [7, 11) is 0. The lowest BCUT2D eigenvalue weighted by Crippen LogP contribution is -2.22. The number of ether oxygens (including phenoxy) is 1. The van der Waals surface area contributed by atoms with Gasteiger partial charge >= 0.3 is 0 Å². The summed E-state index contributed by atoms with van der Waals surface area (Å²) < 4.78 is 6.28. The molecule has 0 bridgehead atoms. The summed E-state index contributed by atoms with van der Waals surface area (Å²) in [6.45, 7) is 5.06. The quantitative estimate of drug-likeness (QED) is 0.360. The van der Waals surface area contributed by atoms with Gasteiger partial charge in [0.05, 0.1) is 0 Å². The monoisotopic (exact) mass is 399 g/mol. The topological polar surface area (TPSA) is 12.5 Å². The van der Waals surface area contributed by atoms with Crippen molar-refractivity contribution in [1.29, 1.82) is 0 Å². The molecule has 142 valence electrons. The number of nitrogens with zero attached hydrogens (tertiary/aromatic N) is 1. The highest BCUT2D eigenvalue weighted by Crippen LogP contribution is 2.29. The first-order valence-corrected chi connectivity index (χ1v) is 10.8. The maximum absolute atomic E-state index is 6.28. The Morgan fingerprint density at radius 3 is 2.44 bits per heavy atom. The lowest BCUT2D eigenvalue weighted by atomic mass is 10.1. The maximum Gasteiger partial charge on any atom is 0.134 e. The zero-order valence-electron chi connectivity index (χ0n) is 15.7. The van der Waals surface area contributed by atoms with Gasteiger partial charge in [-0.1, -0.05) is 55.5 Å². The Kier molecular flexibility index (Phi) is 7.76. The van der Waals surface area contributed by atoms with E-state index in [2.05, 4.69) is 77.9 Å². The van der Waals surface area contributed by atoms with Gasteiger partial charge in [0.15, 0.2) is 0 Å². The van der Waals surface area contributed by atoms with Gasteiger partial charge in [0.2, 0.25) is 0 Å². The van der Waals surface area contributed by atoms with E-state index in [0.717, 1.165) is 31.8 Å². The van der Waals surface area contributed by atoms with Crippen molar-refractivity contribution in [3.8, 4) is 5.75 Å². The highest BCUT2D eigenvalue weighted by atomic mass is 35.5. The molecule has 3 aromatic rings. The molecule has 0 saturated heterocycles. The number of alkyl halides is 1. The number of benzene rings is 2. The third-order valence-electron chi connectivity index (χ3n) is 4.51. The molecule has 0 N–H and O–H groups in total. The molecule has 27 heavy (non-hydrogen) atoms. The van der Waals surface area contributed by atoms with Crippen LogP contribution in [0.25, 0.3) is 0 Å². The zero-order valence-corrected chi connectivity index (χ0v) is 17.3. The minimum atomic E-state index is 0.0179. The molecule has 0 aliphatic heterocycles. The lowest BCUT2D eigenvalue weighted by molar-refractivity contribution is 0.205. The van der Waals surface area contributed by atoms with Crippen molar-refractivity contribution in [2.24, 2.45) is 0 Å². The van der Waals surface area contributed by atoms with Crippen LogP contribution in [0, 0.1) is 0 Å². The fourth-order valence-electron chi connectivity index (χ4n) is 3.09. The van der Waals surface area contributed by atoms with Gasteiger partial charge in [0, 0.05) is 30.3 Å². The molecule has 0 aliphatic carbocycles. The molecule has 3 rings (SSSR count). The van der Waals surface area contributed by atoms with Crippen molar-refractivity contribution in [3.63, 3.8) is 0 Å². The van der Waals surface area contributed by atoms with Crippen LogP contribution in [0.2, 0.25) is 0 Å². The van der Waals surface area contributed by atoms with Crippen LogP contribution < -0.4 is 4.74 Å². The van der Waals surface area contributed by atoms with Crippen molar-refractivity contribution < 1.29 is 4.74 Å². The van der Waals surface area contributed by atoms with Crippen molar-refractivity contribution >= 4 is 22.9 Å². The van der Waals surface area contributed by atoms with Crippen LogP contribution in [0.5, 0.6) is 5.75 Å². The SMILES string of the molecule is CCN(Cc1ccccc1)Cc1cccc(OC(CCCl)c2cccs2)c1. The van der Waals surface area contributed by atoms with Crippen LogP contribution in [-0.4, -0.2) is 17.3 Å². The van der Waals surface area contributed by atoms with Gasteiger partial charge < -0.3 is 4.74 Å². The molecule has 1 atom stereocenters. The maximum atomic E-state index is 6.28. The summed E-state index contributed by atoms with van der Waals surface area (Å²) in [5.74, 6) is 1.50. The van der Waals surface area contributed by atoms with Gasteiger partial charge in [0.1, 0.15) is 11.9 Å². The summed E-state index contributed by atoms with van der Waals surface area (Å²) >= 11 is 7.71. The van der Waals surface area contributed by atoms with E-state index in [1.807, 2.05) is 6.07 Å². The molecule has 0 fully saturated rings. The van der Waals surface area contributed by atoms with Crippen LogP contribution >= 0.6 is 22.9 Å². The van der Waals surface area contributed by atoms with E-state index in [1.165, 1.54) is 16.0 Å². The van der Waals surface area contributed by atoms with Crippen molar-refractivity contribution in [3.05, 3.63) is 88.1 Å². The number of hydrogen-bond acceptors (Lipinski definition) is 3. The minimum Gasteiger partial charge on any atom is -0.485 e. The van der Waals surface area contributed by atoms with Crippen LogP contribution in [0.3, 0.4) is 0 Å². The summed E-state index contributed by atoms with van der Waals surface area (Å²) in [4.78, 5) is 3.66. The predicted molar refractivity (Wildman–Crippen MR) is 116 cm³/mol. The van der Waals surface area contributed by atoms with E-state index in [0.29, 0.717) is 5.88 Å². The number of rotatable bonds is 10. The Bertz CT molecular complexity index is 791. The largest absolute Gasteiger partial charge is 0.485 e. The van der Waals surface area contributed by atoms with Crippen molar-refractivity contribution in [2.45, 2.75) is 32.5 Å². The van der Waals surface area contributed by atoms with Crippen LogP contribution in [0.1, 0.15) is 35.5 Å². The average Bonchev–Trinajstić information content (AvgIpc) is 3.23. The highest BCUT2D eigenvalue weighted by Gasteiger charge is 2.14. The molecule has 2 nitrogen and oxygen atoms in total. The predicted octanol–water partition coefficient (Wildman–Crippen LogP) is 6.52. The smallest absolute Gasteiger partial charge is 0.134 e. The number of hydrogen-bond donors (Lipinski definition) is 0. The molecule has 2 aromatic carbocycles. The lowest BCUT2D eigenvalue weighted by Gasteiger charge is -2.22. The minimum absolute atomic E-state index is 0.0179.